The van der Waals surface area contributed by atoms with Gasteiger partial charge in [0.15, 0.2) is 5.79 Å². The van der Waals surface area contributed by atoms with E-state index in [4.69, 9.17) is 14.2 Å². The molecule has 0 unspecified atom stereocenters. The SMILES string of the molecule is C=C1C(=O)O[C@@H]2C[C@@]34CO[C@@](C)(C=CC3=CC[C@H]12)O4. The highest BCUT2D eigenvalue weighted by Gasteiger charge is 2.55. The third kappa shape index (κ3) is 1.44. The summed E-state index contributed by atoms with van der Waals surface area (Å²) in [6.07, 6.45) is 7.45. The first-order valence-corrected chi connectivity index (χ1v) is 6.65. The van der Waals surface area contributed by atoms with E-state index in [-0.39, 0.29) is 18.0 Å². The number of esters is 1. The van der Waals surface area contributed by atoms with Gasteiger partial charge < -0.3 is 14.2 Å². The van der Waals surface area contributed by atoms with E-state index in [0.29, 0.717) is 18.6 Å². The molecule has 2 bridgehead atoms. The van der Waals surface area contributed by atoms with Crippen LogP contribution >= 0.6 is 0 Å². The van der Waals surface area contributed by atoms with Gasteiger partial charge in [0.05, 0.1) is 6.61 Å². The highest BCUT2D eigenvalue weighted by atomic mass is 16.8. The van der Waals surface area contributed by atoms with Gasteiger partial charge in [0, 0.05) is 17.9 Å². The molecule has 3 heterocycles. The van der Waals surface area contributed by atoms with Crippen LogP contribution in [0.25, 0.3) is 0 Å². The fourth-order valence-electron chi connectivity index (χ4n) is 3.52. The number of ether oxygens (including phenoxy) is 3. The summed E-state index contributed by atoms with van der Waals surface area (Å²) in [6, 6.07) is 0. The molecule has 2 fully saturated rings. The summed E-state index contributed by atoms with van der Waals surface area (Å²) >= 11 is 0. The zero-order chi connectivity index (χ0) is 13.3. The molecule has 0 saturated carbocycles. The number of fused-ring (bicyclic) bond motifs is 2. The van der Waals surface area contributed by atoms with Crippen molar-refractivity contribution in [3.05, 3.63) is 36.0 Å². The van der Waals surface area contributed by atoms with Crippen molar-refractivity contribution in [3.63, 3.8) is 0 Å². The molecule has 0 radical (unpaired) electrons. The highest BCUT2D eigenvalue weighted by Crippen LogP contribution is 2.49. The lowest BCUT2D eigenvalue weighted by molar-refractivity contribution is -0.149. The second kappa shape index (κ2) is 3.38. The van der Waals surface area contributed by atoms with Crippen LogP contribution in [0.5, 0.6) is 0 Å². The van der Waals surface area contributed by atoms with Crippen LogP contribution in [0.3, 0.4) is 0 Å². The van der Waals surface area contributed by atoms with E-state index >= 15 is 0 Å². The van der Waals surface area contributed by atoms with Crippen molar-refractivity contribution in [1.82, 2.24) is 0 Å². The molecule has 3 aliphatic heterocycles. The van der Waals surface area contributed by atoms with Crippen LogP contribution in [0.15, 0.2) is 36.0 Å². The van der Waals surface area contributed by atoms with Crippen LogP contribution in [0.2, 0.25) is 0 Å². The third-order valence-electron chi connectivity index (χ3n) is 4.62. The Morgan fingerprint density at radius 2 is 2.32 bits per heavy atom. The van der Waals surface area contributed by atoms with Crippen LogP contribution in [-0.4, -0.2) is 30.1 Å². The Bertz CT molecular complexity index is 546. The first-order chi connectivity index (χ1) is 9.01. The molecule has 4 nitrogen and oxygen atoms in total. The molecule has 1 aliphatic carbocycles. The number of rotatable bonds is 0. The fraction of sp³-hybridized carbons (Fsp3) is 0.533. The van der Waals surface area contributed by atoms with Gasteiger partial charge in [-0.25, -0.2) is 4.79 Å². The molecule has 4 rings (SSSR count). The first-order valence-electron chi connectivity index (χ1n) is 6.65. The van der Waals surface area contributed by atoms with E-state index < -0.39 is 11.4 Å². The van der Waals surface area contributed by atoms with Gasteiger partial charge in [0.1, 0.15) is 11.7 Å². The minimum absolute atomic E-state index is 0.0730. The second-order valence-electron chi connectivity index (χ2n) is 5.91. The second-order valence-corrected chi connectivity index (χ2v) is 5.91. The van der Waals surface area contributed by atoms with Crippen LogP contribution in [0, 0.1) is 5.92 Å². The molecule has 2 saturated heterocycles. The number of hydrogen-bond acceptors (Lipinski definition) is 4. The summed E-state index contributed by atoms with van der Waals surface area (Å²) < 4.78 is 17.4. The molecule has 0 N–H and O–H groups in total. The van der Waals surface area contributed by atoms with Crippen molar-refractivity contribution in [3.8, 4) is 0 Å². The van der Waals surface area contributed by atoms with E-state index in [9.17, 15) is 4.79 Å². The third-order valence-corrected chi connectivity index (χ3v) is 4.62. The highest BCUT2D eigenvalue weighted by molar-refractivity contribution is 5.90. The van der Waals surface area contributed by atoms with Gasteiger partial charge in [-0.05, 0) is 25.0 Å². The van der Waals surface area contributed by atoms with E-state index in [1.807, 2.05) is 13.0 Å². The standard InChI is InChI=1S/C15H16O4/c1-9-11-4-3-10-5-6-14(2)17-8-15(10,19-14)7-12(11)18-13(9)16/h3,5-6,11-12H,1,4,7-8H2,2H3/t11-,12-,14-,15-/m1/s1. The minimum atomic E-state index is -0.642. The normalized spacial score (nSPS) is 47.3. The smallest absolute Gasteiger partial charge is 0.334 e. The van der Waals surface area contributed by atoms with Gasteiger partial charge in [-0.2, -0.15) is 0 Å². The van der Waals surface area contributed by atoms with Crippen molar-refractivity contribution in [1.29, 1.82) is 0 Å². The van der Waals surface area contributed by atoms with Crippen LogP contribution in [-0.2, 0) is 19.0 Å². The van der Waals surface area contributed by atoms with Crippen molar-refractivity contribution in [2.24, 2.45) is 5.92 Å². The van der Waals surface area contributed by atoms with Gasteiger partial charge in [0.2, 0.25) is 0 Å². The first kappa shape index (κ1) is 11.4. The number of hydrogen-bond donors (Lipinski definition) is 0. The Labute approximate surface area is 111 Å². The van der Waals surface area contributed by atoms with Gasteiger partial charge >= 0.3 is 5.97 Å². The monoisotopic (exact) mass is 260 g/mol. The molecule has 1 spiro atoms. The molecule has 4 heteroatoms. The van der Waals surface area contributed by atoms with Crippen molar-refractivity contribution < 1.29 is 19.0 Å². The molecule has 0 aromatic rings. The Hall–Kier alpha value is -1.39. The van der Waals surface area contributed by atoms with E-state index in [0.717, 1.165) is 12.0 Å². The summed E-state index contributed by atoms with van der Waals surface area (Å²) in [5, 5.41) is 0. The summed E-state index contributed by atoms with van der Waals surface area (Å²) in [7, 11) is 0. The van der Waals surface area contributed by atoms with Crippen molar-refractivity contribution >= 4 is 5.97 Å². The maximum atomic E-state index is 11.7. The van der Waals surface area contributed by atoms with Crippen LogP contribution in [0.4, 0.5) is 0 Å². The quantitative estimate of drug-likeness (QED) is 0.493. The minimum Gasteiger partial charge on any atom is -0.458 e. The molecular weight excluding hydrogens is 244 g/mol. The fourth-order valence-corrected chi connectivity index (χ4v) is 3.52. The number of carbonyl (C=O) groups excluding carboxylic acids is 1. The van der Waals surface area contributed by atoms with Crippen molar-refractivity contribution in [2.75, 3.05) is 6.61 Å². The van der Waals surface area contributed by atoms with Gasteiger partial charge in [0.25, 0.3) is 0 Å². The lowest BCUT2D eigenvalue weighted by Gasteiger charge is -2.34. The molecule has 100 valence electrons. The Balaban J connectivity index is 1.75. The van der Waals surface area contributed by atoms with Crippen LogP contribution in [0.1, 0.15) is 19.8 Å². The maximum Gasteiger partial charge on any atom is 0.334 e. The maximum absolute atomic E-state index is 11.7. The lowest BCUT2D eigenvalue weighted by atomic mass is 9.86. The Kier molecular flexibility index (Phi) is 2.03. The summed E-state index contributed by atoms with van der Waals surface area (Å²) in [6.45, 7) is 6.28. The largest absolute Gasteiger partial charge is 0.458 e. The number of allylic oxidation sites excluding steroid dienone is 1. The lowest BCUT2D eigenvalue weighted by Crippen LogP contribution is -2.41. The number of carbonyl (C=O) groups is 1. The summed E-state index contributed by atoms with van der Waals surface area (Å²) in [5.41, 5.74) is 1.26. The average molecular weight is 260 g/mol. The molecule has 19 heavy (non-hydrogen) atoms. The van der Waals surface area contributed by atoms with Crippen molar-refractivity contribution in [2.45, 2.75) is 37.3 Å². The van der Waals surface area contributed by atoms with Gasteiger partial charge in [-0.3, -0.25) is 0 Å². The van der Waals surface area contributed by atoms with E-state index in [1.54, 1.807) is 0 Å². The van der Waals surface area contributed by atoms with Gasteiger partial charge in [-0.1, -0.05) is 18.7 Å². The predicted octanol–water partition coefficient (Wildman–Crippen LogP) is 1.88. The molecule has 4 atom stereocenters. The molecular formula is C15H16O4. The average Bonchev–Trinajstić information content (AvgIpc) is 2.71. The predicted molar refractivity (Wildman–Crippen MR) is 67.1 cm³/mol. The Morgan fingerprint density at radius 1 is 1.47 bits per heavy atom. The van der Waals surface area contributed by atoms with Gasteiger partial charge in [-0.15, -0.1) is 0 Å². The zero-order valence-corrected chi connectivity index (χ0v) is 10.8. The zero-order valence-electron chi connectivity index (χ0n) is 10.8. The molecule has 0 aromatic heterocycles. The molecule has 4 aliphatic rings. The summed E-state index contributed by atoms with van der Waals surface area (Å²) in [5.74, 6) is -0.836. The topological polar surface area (TPSA) is 44.8 Å². The van der Waals surface area contributed by atoms with E-state index in [2.05, 4.69) is 18.7 Å². The summed E-state index contributed by atoms with van der Waals surface area (Å²) in [4.78, 5) is 11.7. The Morgan fingerprint density at radius 3 is 3.16 bits per heavy atom. The van der Waals surface area contributed by atoms with Crippen LogP contribution < -0.4 is 0 Å². The molecule has 0 aromatic carbocycles. The molecule has 0 amide bonds. The van der Waals surface area contributed by atoms with E-state index in [1.165, 1.54) is 0 Å².